The summed E-state index contributed by atoms with van der Waals surface area (Å²) in [6.45, 7) is 1.75. The van der Waals surface area contributed by atoms with E-state index in [0.717, 1.165) is 36.8 Å². The number of esters is 1. The van der Waals surface area contributed by atoms with Crippen molar-refractivity contribution in [3.63, 3.8) is 0 Å². The van der Waals surface area contributed by atoms with Crippen LogP contribution in [0.4, 0.5) is 5.82 Å². The highest BCUT2D eigenvalue weighted by atomic mass is 79.9. The van der Waals surface area contributed by atoms with Gasteiger partial charge in [0.1, 0.15) is 11.4 Å². The van der Waals surface area contributed by atoms with Gasteiger partial charge in [-0.1, -0.05) is 12.8 Å². The Balaban J connectivity index is 1.61. The minimum absolute atomic E-state index is 0.334. The van der Waals surface area contributed by atoms with E-state index in [-0.39, 0.29) is 5.97 Å². The van der Waals surface area contributed by atoms with Gasteiger partial charge in [0.05, 0.1) is 13.2 Å². The van der Waals surface area contributed by atoms with Gasteiger partial charge in [-0.05, 0) is 47.7 Å². The Morgan fingerprint density at radius 2 is 1.96 bits per heavy atom. The van der Waals surface area contributed by atoms with E-state index in [9.17, 15) is 4.79 Å². The van der Waals surface area contributed by atoms with Crippen LogP contribution in [0.5, 0.6) is 0 Å². The number of pyridine rings is 1. The average Bonchev–Trinajstić information content (AvgIpc) is 2.68. The molecule has 2 fully saturated rings. The van der Waals surface area contributed by atoms with Crippen LogP contribution in [0.1, 0.15) is 48.9 Å². The van der Waals surface area contributed by atoms with E-state index in [1.807, 2.05) is 7.11 Å². The molecule has 2 aliphatic rings. The van der Waals surface area contributed by atoms with Crippen molar-refractivity contribution in [1.82, 2.24) is 10.3 Å². The molecule has 1 aliphatic heterocycles. The molecule has 1 saturated carbocycles. The van der Waals surface area contributed by atoms with Gasteiger partial charge in [0.2, 0.25) is 0 Å². The third-order valence-electron chi connectivity index (χ3n) is 5.49. The van der Waals surface area contributed by atoms with Crippen molar-refractivity contribution in [3.05, 3.63) is 22.3 Å². The van der Waals surface area contributed by atoms with Gasteiger partial charge in [0.25, 0.3) is 0 Å². The van der Waals surface area contributed by atoms with Gasteiger partial charge in [-0.3, -0.25) is 0 Å². The Bertz CT molecular complexity index is 620. The normalized spacial score (nSPS) is 24.5. The first-order valence-electron chi connectivity index (χ1n) is 9.40. The summed E-state index contributed by atoms with van der Waals surface area (Å²) in [5.41, 5.74) is 0.514. The standard InChI is InChI=1S/C19H28BrN3O3/c1-25-17-6-4-3-5-16(17)22-14-7-9-23(10-8-14)18-15(19(24)26-2)11-13(20)12-21-18/h11-12,14,16-17,22H,3-10H2,1-2H3. The van der Waals surface area contributed by atoms with Crippen LogP contribution in [0, 0.1) is 0 Å². The van der Waals surface area contributed by atoms with Crippen LogP contribution in [-0.4, -0.2) is 56.5 Å². The summed E-state index contributed by atoms with van der Waals surface area (Å²) in [6.07, 6.45) is 9.02. The van der Waals surface area contributed by atoms with Crippen molar-refractivity contribution in [3.8, 4) is 0 Å². The molecule has 1 N–H and O–H groups in total. The van der Waals surface area contributed by atoms with Crippen molar-refractivity contribution in [1.29, 1.82) is 0 Å². The second-order valence-electron chi connectivity index (χ2n) is 7.11. The topological polar surface area (TPSA) is 63.7 Å². The van der Waals surface area contributed by atoms with Crippen LogP contribution >= 0.6 is 15.9 Å². The minimum atomic E-state index is -0.348. The lowest BCUT2D eigenvalue weighted by molar-refractivity contribution is 0.0365. The van der Waals surface area contributed by atoms with Crippen molar-refractivity contribution >= 4 is 27.7 Å². The molecule has 0 aromatic carbocycles. The average molecular weight is 426 g/mol. The molecular formula is C19H28BrN3O3. The molecule has 1 saturated heterocycles. The van der Waals surface area contributed by atoms with Crippen molar-refractivity contribution < 1.29 is 14.3 Å². The lowest BCUT2D eigenvalue weighted by Gasteiger charge is -2.38. The number of carbonyl (C=O) groups excluding carboxylic acids is 1. The van der Waals surface area contributed by atoms with Gasteiger partial charge in [-0.2, -0.15) is 0 Å². The van der Waals surface area contributed by atoms with Crippen molar-refractivity contribution in [2.75, 3.05) is 32.2 Å². The number of nitrogens with one attached hydrogen (secondary N) is 1. The SMILES string of the molecule is COC(=O)c1cc(Br)cnc1N1CCC(NC2CCCCC2OC)CC1. The fourth-order valence-corrected chi connectivity index (χ4v) is 4.41. The lowest BCUT2D eigenvalue weighted by atomic mass is 9.90. The fourth-order valence-electron chi connectivity index (χ4n) is 4.07. The summed E-state index contributed by atoms with van der Waals surface area (Å²) in [6, 6.07) is 2.73. The summed E-state index contributed by atoms with van der Waals surface area (Å²) >= 11 is 3.38. The highest BCUT2D eigenvalue weighted by molar-refractivity contribution is 9.10. The second-order valence-corrected chi connectivity index (χ2v) is 8.03. The molecule has 1 aliphatic carbocycles. The van der Waals surface area contributed by atoms with E-state index in [1.54, 1.807) is 12.3 Å². The molecule has 0 bridgehead atoms. The van der Waals surface area contributed by atoms with Crippen LogP contribution in [0.2, 0.25) is 0 Å². The summed E-state index contributed by atoms with van der Waals surface area (Å²) in [5, 5.41) is 3.82. The van der Waals surface area contributed by atoms with E-state index < -0.39 is 0 Å². The number of hydrogen-bond donors (Lipinski definition) is 1. The van der Waals surface area contributed by atoms with E-state index in [0.29, 0.717) is 29.6 Å². The monoisotopic (exact) mass is 425 g/mol. The first-order valence-corrected chi connectivity index (χ1v) is 10.2. The molecule has 26 heavy (non-hydrogen) atoms. The van der Waals surface area contributed by atoms with E-state index in [1.165, 1.54) is 26.4 Å². The van der Waals surface area contributed by atoms with Crippen LogP contribution in [0.3, 0.4) is 0 Å². The van der Waals surface area contributed by atoms with E-state index in [4.69, 9.17) is 9.47 Å². The molecule has 2 unspecified atom stereocenters. The van der Waals surface area contributed by atoms with Gasteiger partial charge < -0.3 is 19.7 Å². The number of carbonyl (C=O) groups is 1. The smallest absolute Gasteiger partial charge is 0.341 e. The predicted octanol–water partition coefficient (Wildman–Crippen LogP) is 3.15. The Morgan fingerprint density at radius 3 is 2.65 bits per heavy atom. The largest absolute Gasteiger partial charge is 0.465 e. The molecule has 6 nitrogen and oxygen atoms in total. The molecule has 2 atom stereocenters. The Kier molecular flexibility index (Phi) is 6.89. The Hall–Kier alpha value is -1.18. The molecule has 1 aromatic rings. The van der Waals surface area contributed by atoms with Crippen molar-refractivity contribution in [2.24, 2.45) is 0 Å². The first-order chi connectivity index (χ1) is 12.6. The van der Waals surface area contributed by atoms with Gasteiger partial charge in [-0.15, -0.1) is 0 Å². The number of methoxy groups -OCH3 is 2. The van der Waals surface area contributed by atoms with Crippen LogP contribution < -0.4 is 10.2 Å². The van der Waals surface area contributed by atoms with Crippen LogP contribution in [0.25, 0.3) is 0 Å². The summed E-state index contributed by atoms with van der Waals surface area (Å²) < 4.78 is 11.4. The number of hydrogen-bond acceptors (Lipinski definition) is 6. The van der Waals surface area contributed by atoms with Gasteiger partial charge in [0.15, 0.2) is 0 Å². The highest BCUT2D eigenvalue weighted by Gasteiger charge is 2.30. The maximum absolute atomic E-state index is 12.1. The number of ether oxygens (including phenoxy) is 2. The maximum Gasteiger partial charge on any atom is 0.341 e. The molecule has 0 spiro atoms. The summed E-state index contributed by atoms with van der Waals surface area (Å²) in [5.74, 6) is 0.366. The number of nitrogens with zero attached hydrogens (tertiary/aromatic N) is 2. The number of piperidine rings is 1. The van der Waals surface area contributed by atoms with Crippen molar-refractivity contribution in [2.45, 2.75) is 56.7 Å². The molecule has 144 valence electrons. The minimum Gasteiger partial charge on any atom is -0.465 e. The molecular weight excluding hydrogens is 398 g/mol. The van der Waals surface area contributed by atoms with Crippen LogP contribution in [-0.2, 0) is 9.47 Å². The number of aromatic nitrogens is 1. The molecule has 2 heterocycles. The van der Waals surface area contributed by atoms with E-state index >= 15 is 0 Å². The molecule has 0 radical (unpaired) electrons. The summed E-state index contributed by atoms with van der Waals surface area (Å²) in [4.78, 5) is 18.8. The third-order valence-corrected chi connectivity index (χ3v) is 5.92. The lowest BCUT2D eigenvalue weighted by Crippen LogP contribution is -2.51. The molecule has 7 heteroatoms. The maximum atomic E-state index is 12.1. The van der Waals surface area contributed by atoms with E-state index in [2.05, 4.69) is 31.1 Å². The quantitative estimate of drug-likeness (QED) is 0.730. The van der Waals surface area contributed by atoms with Gasteiger partial charge >= 0.3 is 5.97 Å². The Labute approximate surface area is 163 Å². The second kappa shape index (κ2) is 9.15. The zero-order valence-corrected chi connectivity index (χ0v) is 17.1. The van der Waals surface area contributed by atoms with Gasteiger partial charge in [-0.25, -0.2) is 9.78 Å². The number of halogens is 1. The molecule has 1 aromatic heterocycles. The number of anilines is 1. The summed E-state index contributed by atoms with van der Waals surface area (Å²) in [7, 11) is 3.22. The Morgan fingerprint density at radius 1 is 1.23 bits per heavy atom. The third kappa shape index (κ3) is 4.56. The van der Waals surface area contributed by atoms with Gasteiger partial charge in [0, 0.05) is 43.0 Å². The molecule has 3 rings (SSSR count). The zero-order chi connectivity index (χ0) is 18.5. The first kappa shape index (κ1) is 19.6. The predicted molar refractivity (Wildman–Crippen MR) is 105 cm³/mol. The zero-order valence-electron chi connectivity index (χ0n) is 15.5. The fraction of sp³-hybridized carbons (Fsp3) is 0.684. The molecule has 0 amide bonds. The number of rotatable bonds is 5. The van der Waals surface area contributed by atoms with Crippen LogP contribution in [0.15, 0.2) is 16.7 Å². The highest BCUT2D eigenvalue weighted by Crippen LogP contribution is 2.27.